The Kier molecular flexibility index (Phi) is 5.30. The van der Waals surface area contributed by atoms with Gasteiger partial charge in [-0.25, -0.2) is 0 Å². The monoisotopic (exact) mass is 361 g/mol. The molecule has 1 amide bonds. The third-order valence-corrected chi connectivity index (χ3v) is 4.85. The van der Waals surface area contributed by atoms with Crippen LogP contribution in [0.1, 0.15) is 28.8 Å². The third-order valence-electron chi connectivity index (χ3n) is 4.85. The number of rotatable bonds is 5. The molecule has 0 saturated carbocycles. The van der Waals surface area contributed by atoms with Crippen LogP contribution in [0.3, 0.4) is 0 Å². The van der Waals surface area contributed by atoms with Gasteiger partial charge in [-0.15, -0.1) is 0 Å². The lowest BCUT2D eigenvalue weighted by molar-refractivity contribution is 0.0696. The number of carbonyl (C=O) groups is 1. The van der Waals surface area contributed by atoms with Crippen molar-refractivity contribution in [1.82, 2.24) is 10.3 Å². The number of hydrogen-bond acceptors (Lipinski definition) is 4. The smallest absolute Gasteiger partial charge is 0.251 e. The van der Waals surface area contributed by atoms with E-state index in [1.807, 2.05) is 48.7 Å². The molecule has 1 fully saturated rings. The topological polar surface area (TPSA) is 63.2 Å². The predicted molar refractivity (Wildman–Crippen MR) is 107 cm³/mol. The molecule has 1 aromatic heterocycles. The summed E-state index contributed by atoms with van der Waals surface area (Å²) in [6.07, 6.45) is 3.65. The Bertz CT molecular complexity index is 918. The predicted octanol–water partition coefficient (Wildman–Crippen LogP) is 3.76. The first-order valence-corrected chi connectivity index (χ1v) is 9.34. The molecule has 5 nitrogen and oxygen atoms in total. The molecule has 1 aliphatic rings. The summed E-state index contributed by atoms with van der Waals surface area (Å²) in [6.45, 7) is 2.13. The van der Waals surface area contributed by atoms with E-state index in [1.54, 1.807) is 0 Å². The number of carbonyl (C=O) groups excluding carboxylic acids is 1. The van der Waals surface area contributed by atoms with E-state index >= 15 is 0 Å². The van der Waals surface area contributed by atoms with Crippen molar-refractivity contribution in [2.75, 3.05) is 18.5 Å². The SMILES string of the molecule is O=C(NC1CCOCC1)c1ccc(NCc2cnc3ccccc3c2)cc1. The van der Waals surface area contributed by atoms with Crippen LogP contribution in [0, 0.1) is 0 Å². The first-order valence-electron chi connectivity index (χ1n) is 9.34. The van der Waals surface area contributed by atoms with Crippen molar-refractivity contribution in [3.63, 3.8) is 0 Å². The molecule has 1 saturated heterocycles. The Hall–Kier alpha value is -2.92. The minimum atomic E-state index is -0.0211. The maximum Gasteiger partial charge on any atom is 0.251 e. The van der Waals surface area contributed by atoms with Gasteiger partial charge in [-0.3, -0.25) is 9.78 Å². The molecule has 138 valence electrons. The average Bonchev–Trinajstić information content (AvgIpc) is 2.73. The van der Waals surface area contributed by atoms with Crippen LogP contribution in [0.25, 0.3) is 10.9 Å². The van der Waals surface area contributed by atoms with Gasteiger partial charge in [0, 0.05) is 48.6 Å². The maximum absolute atomic E-state index is 12.3. The van der Waals surface area contributed by atoms with Gasteiger partial charge in [0.25, 0.3) is 5.91 Å². The zero-order valence-electron chi connectivity index (χ0n) is 15.2. The Morgan fingerprint density at radius 3 is 2.67 bits per heavy atom. The number of anilines is 1. The van der Waals surface area contributed by atoms with Crippen molar-refractivity contribution < 1.29 is 9.53 Å². The highest BCUT2D eigenvalue weighted by atomic mass is 16.5. The molecule has 1 aliphatic heterocycles. The van der Waals surface area contributed by atoms with Crippen molar-refractivity contribution in [3.05, 3.63) is 71.9 Å². The van der Waals surface area contributed by atoms with Gasteiger partial charge in [0.2, 0.25) is 0 Å². The van der Waals surface area contributed by atoms with Crippen LogP contribution < -0.4 is 10.6 Å². The Morgan fingerprint density at radius 1 is 1.07 bits per heavy atom. The molecule has 2 aromatic carbocycles. The number of aromatic nitrogens is 1. The number of ether oxygens (including phenoxy) is 1. The summed E-state index contributed by atoms with van der Waals surface area (Å²) in [4.78, 5) is 16.8. The molecule has 0 aliphatic carbocycles. The van der Waals surface area contributed by atoms with Gasteiger partial charge in [-0.1, -0.05) is 18.2 Å². The second kappa shape index (κ2) is 8.18. The summed E-state index contributed by atoms with van der Waals surface area (Å²) in [6, 6.07) is 18.0. The van der Waals surface area contributed by atoms with Crippen LogP contribution in [0.2, 0.25) is 0 Å². The molecule has 2 heterocycles. The molecule has 0 bridgehead atoms. The van der Waals surface area contributed by atoms with Crippen molar-refractivity contribution >= 4 is 22.5 Å². The average molecular weight is 361 g/mol. The normalized spacial score (nSPS) is 14.8. The molecule has 27 heavy (non-hydrogen) atoms. The summed E-state index contributed by atoms with van der Waals surface area (Å²) in [5.74, 6) is -0.0211. The minimum absolute atomic E-state index is 0.0211. The van der Waals surface area contributed by atoms with E-state index in [2.05, 4.69) is 27.8 Å². The molecular formula is C22H23N3O2. The lowest BCUT2D eigenvalue weighted by Gasteiger charge is -2.23. The second-order valence-electron chi connectivity index (χ2n) is 6.83. The highest BCUT2D eigenvalue weighted by molar-refractivity contribution is 5.94. The van der Waals surface area contributed by atoms with E-state index in [4.69, 9.17) is 4.74 Å². The van der Waals surface area contributed by atoms with E-state index in [1.165, 1.54) is 0 Å². The highest BCUT2D eigenvalue weighted by Crippen LogP contribution is 2.16. The van der Waals surface area contributed by atoms with Crippen LogP contribution in [0.5, 0.6) is 0 Å². The molecule has 4 rings (SSSR count). The first kappa shape index (κ1) is 17.5. The fourth-order valence-corrected chi connectivity index (χ4v) is 3.27. The Balaban J connectivity index is 1.34. The molecule has 0 radical (unpaired) electrons. The number of benzene rings is 2. The van der Waals surface area contributed by atoms with Crippen LogP contribution in [-0.4, -0.2) is 30.1 Å². The van der Waals surface area contributed by atoms with E-state index in [-0.39, 0.29) is 11.9 Å². The molecular weight excluding hydrogens is 338 g/mol. The Morgan fingerprint density at radius 2 is 1.85 bits per heavy atom. The van der Waals surface area contributed by atoms with Gasteiger partial charge < -0.3 is 15.4 Å². The van der Waals surface area contributed by atoms with Crippen molar-refractivity contribution in [3.8, 4) is 0 Å². The quantitative estimate of drug-likeness (QED) is 0.726. The summed E-state index contributed by atoms with van der Waals surface area (Å²) < 4.78 is 5.33. The molecule has 0 atom stereocenters. The van der Waals surface area contributed by atoms with Crippen LogP contribution in [0.4, 0.5) is 5.69 Å². The van der Waals surface area contributed by atoms with Gasteiger partial charge >= 0.3 is 0 Å². The van der Waals surface area contributed by atoms with Gasteiger partial charge in [-0.2, -0.15) is 0 Å². The zero-order valence-corrected chi connectivity index (χ0v) is 15.2. The van der Waals surface area contributed by atoms with E-state index in [0.717, 1.165) is 48.2 Å². The lowest BCUT2D eigenvalue weighted by atomic mass is 10.1. The van der Waals surface area contributed by atoms with Crippen molar-refractivity contribution in [2.24, 2.45) is 0 Å². The maximum atomic E-state index is 12.3. The van der Waals surface area contributed by atoms with Crippen molar-refractivity contribution in [2.45, 2.75) is 25.4 Å². The van der Waals surface area contributed by atoms with E-state index in [9.17, 15) is 4.79 Å². The molecule has 0 spiro atoms. The number of para-hydroxylation sites is 1. The minimum Gasteiger partial charge on any atom is -0.381 e. The van der Waals surface area contributed by atoms with Gasteiger partial charge in [0.05, 0.1) is 5.52 Å². The number of nitrogens with zero attached hydrogens (tertiary/aromatic N) is 1. The fourth-order valence-electron chi connectivity index (χ4n) is 3.27. The largest absolute Gasteiger partial charge is 0.381 e. The molecule has 0 unspecified atom stereocenters. The number of nitrogens with one attached hydrogen (secondary N) is 2. The number of amides is 1. The van der Waals surface area contributed by atoms with Crippen LogP contribution in [-0.2, 0) is 11.3 Å². The fraction of sp³-hybridized carbons (Fsp3) is 0.273. The number of pyridine rings is 1. The van der Waals surface area contributed by atoms with Gasteiger partial charge in [-0.05, 0) is 54.8 Å². The van der Waals surface area contributed by atoms with Gasteiger partial charge in [0.15, 0.2) is 0 Å². The lowest BCUT2D eigenvalue weighted by Crippen LogP contribution is -2.38. The summed E-state index contributed by atoms with van der Waals surface area (Å²) in [7, 11) is 0. The summed E-state index contributed by atoms with van der Waals surface area (Å²) in [5, 5.41) is 7.60. The summed E-state index contributed by atoms with van der Waals surface area (Å²) in [5.41, 5.74) is 3.78. The molecule has 2 N–H and O–H groups in total. The van der Waals surface area contributed by atoms with E-state index in [0.29, 0.717) is 12.1 Å². The standard InChI is InChI=1S/C22H23N3O2/c26-22(25-20-9-11-27-12-10-20)17-5-7-19(8-6-17)23-14-16-13-18-3-1-2-4-21(18)24-15-16/h1-8,13,15,20,23H,9-12,14H2,(H,25,26). The number of fused-ring (bicyclic) bond motifs is 1. The van der Waals surface area contributed by atoms with Crippen LogP contribution >= 0.6 is 0 Å². The van der Waals surface area contributed by atoms with Crippen molar-refractivity contribution in [1.29, 1.82) is 0 Å². The third kappa shape index (κ3) is 4.44. The first-order chi connectivity index (χ1) is 13.3. The number of hydrogen-bond donors (Lipinski definition) is 2. The molecule has 3 aromatic rings. The van der Waals surface area contributed by atoms with Gasteiger partial charge in [0.1, 0.15) is 0 Å². The Labute approximate surface area is 158 Å². The summed E-state index contributed by atoms with van der Waals surface area (Å²) >= 11 is 0. The van der Waals surface area contributed by atoms with Crippen LogP contribution in [0.15, 0.2) is 60.8 Å². The zero-order chi connectivity index (χ0) is 18.5. The molecule has 5 heteroatoms. The second-order valence-corrected chi connectivity index (χ2v) is 6.83. The van der Waals surface area contributed by atoms with E-state index < -0.39 is 0 Å². The highest BCUT2D eigenvalue weighted by Gasteiger charge is 2.16.